The molecule has 5 heteroatoms. The Morgan fingerprint density at radius 1 is 1.21 bits per heavy atom. The molecule has 2 aromatic heterocycles. The summed E-state index contributed by atoms with van der Waals surface area (Å²) in [6, 6.07) is 3.91. The zero-order valence-electron chi connectivity index (χ0n) is 12.2. The average Bonchev–Trinajstić information content (AvgIpc) is 2.75. The summed E-state index contributed by atoms with van der Waals surface area (Å²) >= 11 is 0. The lowest BCUT2D eigenvalue weighted by molar-refractivity contribution is 0.546. The summed E-state index contributed by atoms with van der Waals surface area (Å²) in [5.74, 6) is 1.68. The van der Waals surface area contributed by atoms with E-state index in [-0.39, 0.29) is 5.41 Å². The Morgan fingerprint density at radius 2 is 1.95 bits per heavy atom. The van der Waals surface area contributed by atoms with E-state index in [9.17, 15) is 0 Å². The van der Waals surface area contributed by atoms with Crippen LogP contribution >= 0.6 is 0 Å². The summed E-state index contributed by atoms with van der Waals surface area (Å²) in [5.41, 5.74) is 1.64. The Kier molecular flexibility index (Phi) is 3.55. The van der Waals surface area contributed by atoms with Crippen LogP contribution in [0.3, 0.4) is 0 Å². The van der Waals surface area contributed by atoms with Crippen molar-refractivity contribution in [2.24, 2.45) is 7.05 Å². The zero-order chi connectivity index (χ0) is 14.0. The normalized spacial score (nSPS) is 11.6. The minimum Gasteiger partial charge on any atom is -0.370 e. The molecule has 19 heavy (non-hydrogen) atoms. The molecule has 0 fully saturated rings. The highest BCUT2D eigenvalue weighted by Gasteiger charge is 2.20. The van der Waals surface area contributed by atoms with Crippen molar-refractivity contribution in [3.8, 4) is 11.4 Å². The van der Waals surface area contributed by atoms with Gasteiger partial charge in [0.1, 0.15) is 17.3 Å². The third-order valence-corrected chi connectivity index (χ3v) is 2.73. The highest BCUT2D eigenvalue weighted by Crippen LogP contribution is 2.24. The van der Waals surface area contributed by atoms with Crippen molar-refractivity contribution in [3.63, 3.8) is 0 Å². The number of hydrogen-bond donors (Lipinski definition) is 1. The third-order valence-electron chi connectivity index (χ3n) is 2.73. The van der Waals surface area contributed by atoms with E-state index in [4.69, 9.17) is 0 Å². The number of nitrogens with one attached hydrogen (secondary N) is 1. The highest BCUT2D eigenvalue weighted by atomic mass is 15.3. The van der Waals surface area contributed by atoms with Crippen LogP contribution in [0.15, 0.2) is 18.3 Å². The van der Waals surface area contributed by atoms with Crippen LogP contribution < -0.4 is 5.32 Å². The van der Waals surface area contributed by atoms with E-state index in [0.717, 1.165) is 29.6 Å². The fourth-order valence-corrected chi connectivity index (χ4v) is 1.74. The molecule has 0 saturated heterocycles. The first-order chi connectivity index (χ1) is 8.90. The summed E-state index contributed by atoms with van der Waals surface area (Å²) in [6.07, 6.45) is 1.92. The minimum atomic E-state index is -0.0883. The molecule has 0 unspecified atom stereocenters. The quantitative estimate of drug-likeness (QED) is 0.920. The van der Waals surface area contributed by atoms with E-state index in [0.29, 0.717) is 0 Å². The van der Waals surface area contributed by atoms with Gasteiger partial charge >= 0.3 is 0 Å². The van der Waals surface area contributed by atoms with Gasteiger partial charge in [-0.2, -0.15) is 5.10 Å². The van der Waals surface area contributed by atoms with E-state index in [1.807, 2.05) is 25.4 Å². The van der Waals surface area contributed by atoms with Crippen LogP contribution in [0.25, 0.3) is 11.4 Å². The smallest absolute Gasteiger partial charge is 0.136 e. The van der Waals surface area contributed by atoms with Crippen molar-refractivity contribution in [2.45, 2.75) is 33.1 Å². The molecule has 0 aliphatic heterocycles. The van der Waals surface area contributed by atoms with Gasteiger partial charge in [-0.15, -0.1) is 0 Å². The topological polar surface area (TPSA) is 55.6 Å². The number of hydrogen-bond acceptors (Lipinski definition) is 4. The molecule has 0 aliphatic carbocycles. The third kappa shape index (κ3) is 3.10. The molecule has 102 valence electrons. The predicted octanol–water partition coefficient (Wildman–Crippen LogP) is 2.61. The first kappa shape index (κ1) is 13.5. The lowest BCUT2D eigenvalue weighted by atomic mass is 9.95. The Balaban J connectivity index is 2.51. The fraction of sp³-hybridized carbons (Fsp3) is 0.500. The molecule has 1 N–H and O–H groups in total. The molecule has 2 heterocycles. The number of nitrogens with zero attached hydrogens (tertiary/aromatic N) is 4. The van der Waals surface area contributed by atoms with Gasteiger partial charge in [-0.05, 0) is 13.0 Å². The molecule has 0 aromatic carbocycles. The number of aromatic nitrogens is 4. The van der Waals surface area contributed by atoms with Crippen LogP contribution in [0, 0.1) is 0 Å². The van der Waals surface area contributed by atoms with Crippen LogP contribution in [0.2, 0.25) is 0 Å². The summed E-state index contributed by atoms with van der Waals surface area (Å²) in [6.45, 7) is 9.22. The van der Waals surface area contributed by atoms with Gasteiger partial charge in [0.25, 0.3) is 0 Å². The first-order valence-electron chi connectivity index (χ1n) is 6.53. The molecule has 0 spiro atoms. The SMILES string of the molecule is CCNc1cc(-c2ccn(C)n2)nc(C(C)(C)C)n1. The summed E-state index contributed by atoms with van der Waals surface area (Å²) in [7, 11) is 1.90. The standard InChI is InChI=1S/C14H21N5/c1-6-15-12-9-11(10-7-8-19(5)18-10)16-13(17-12)14(2,3)4/h7-9H,6H2,1-5H3,(H,15,16,17). The van der Waals surface area contributed by atoms with Crippen molar-refractivity contribution >= 4 is 5.82 Å². The van der Waals surface area contributed by atoms with E-state index in [2.05, 4.69) is 48.1 Å². The van der Waals surface area contributed by atoms with Crippen molar-refractivity contribution in [2.75, 3.05) is 11.9 Å². The lowest BCUT2D eigenvalue weighted by Crippen LogP contribution is -2.17. The first-order valence-corrected chi connectivity index (χ1v) is 6.53. The van der Waals surface area contributed by atoms with Crippen molar-refractivity contribution in [1.29, 1.82) is 0 Å². The van der Waals surface area contributed by atoms with Crippen LogP contribution in [0.5, 0.6) is 0 Å². The summed E-state index contributed by atoms with van der Waals surface area (Å²) in [4.78, 5) is 9.21. The molecule has 0 atom stereocenters. The van der Waals surface area contributed by atoms with Gasteiger partial charge in [0.05, 0.1) is 5.69 Å². The highest BCUT2D eigenvalue weighted by molar-refractivity contribution is 5.58. The maximum Gasteiger partial charge on any atom is 0.136 e. The van der Waals surface area contributed by atoms with Gasteiger partial charge in [-0.1, -0.05) is 20.8 Å². The van der Waals surface area contributed by atoms with Gasteiger partial charge in [-0.25, -0.2) is 9.97 Å². The van der Waals surface area contributed by atoms with E-state index in [1.54, 1.807) is 4.68 Å². The molecular formula is C14H21N5. The molecule has 0 aliphatic rings. The molecule has 2 rings (SSSR count). The maximum absolute atomic E-state index is 4.64. The summed E-state index contributed by atoms with van der Waals surface area (Å²) in [5, 5.41) is 7.66. The number of aryl methyl sites for hydroxylation is 1. The van der Waals surface area contributed by atoms with Gasteiger partial charge < -0.3 is 5.32 Å². The second kappa shape index (κ2) is 4.99. The van der Waals surface area contributed by atoms with Crippen molar-refractivity contribution in [3.05, 3.63) is 24.2 Å². The number of anilines is 1. The van der Waals surface area contributed by atoms with Crippen LogP contribution in [-0.4, -0.2) is 26.3 Å². The fourth-order valence-electron chi connectivity index (χ4n) is 1.74. The van der Waals surface area contributed by atoms with Crippen LogP contribution in [0.1, 0.15) is 33.5 Å². The molecule has 0 saturated carbocycles. The monoisotopic (exact) mass is 259 g/mol. The van der Waals surface area contributed by atoms with Crippen LogP contribution in [0.4, 0.5) is 5.82 Å². The Morgan fingerprint density at radius 3 is 2.47 bits per heavy atom. The zero-order valence-corrected chi connectivity index (χ0v) is 12.2. The van der Waals surface area contributed by atoms with Gasteiger partial charge in [-0.3, -0.25) is 4.68 Å². The van der Waals surface area contributed by atoms with Crippen molar-refractivity contribution in [1.82, 2.24) is 19.7 Å². The number of rotatable bonds is 3. The van der Waals surface area contributed by atoms with E-state index >= 15 is 0 Å². The molecule has 0 bridgehead atoms. The Hall–Kier alpha value is -1.91. The Bertz CT molecular complexity index is 565. The molecule has 5 nitrogen and oxygen atoms in total. The molecule has 0 amide bonds. The van der Waals surface area contributed by atoms with E-state index < -0.39 is 0 Å². The largest absolute Gasteiger partial charge is 0.370 e. The molecule has 2 aromatic rings. The van der Waals surface area contributed by atoms with Crippen LogP contribution in [-0.2, 0) is 12.5 Å². The predicted molar refractivity (Wildman–Crippen MR) is 77.1 cm³/mol. The second-order valence-electron chi connectivity index (χ2n) is 5.62. The molecule has 0 radical (unpaired) electrons. The second-order valence-corrected chi connectivity index (χ2v) is 5.62. The maximum atomic E-state index is 4.64. The average molecular weight is 259 g/mol. The molecular weight excluding hydrogens is 238 g/mol. The van der Waals surface area contributed by atoms with Crippen molar-refractivity contribution < 1.29 is 0 Å². The van der Waals surface area contributed by atoms with Gasteiger partial charge in [0.15, 0.2) is 0 Å². The Labute approximate surface area is 114 Å². The van der Waals surface area contributed by atoms with Gasteiger partial charge in [0.2, 0.25) is 0 Å². The lowest BCUT2D eigenvalue weighted by Gasteiger charge is -2.18. The van der Waals surface area contributed by atoms with Gasteiger partial charge in [0, 0.05) is 31.3 Å². The summed E-state index contributed by atoms with van der Waals surface area (Å²) < 4.78 is 1.78. The minimum absolute atomic E-state index is 0.0883. The van der Waals surface area contributed by atoms with E-state index in [1.165, 1.54) is 0 Å².